The molecule has 2 bridgehead atoms. The zero-order valence-corrected chi connectivity index (χ0v) is 21.2. The predicted molar refractivity (Wildman–Crippen MR) is 147 cm³/mol. The smallest absolute Gasteiger partial charge is 0.319 e. The zero-order valence-electron chi connectivity index (χ0n) is 21.2. The molecular weight excluding hydrogens is 462 g/mol. The van der Waals surface area contributed by atoms with E-state index in [4.69, 9.17) is 14.7 Å². The van der Waals surface area contributed by atoms with Crippen LogP contribution in [-0.4, -0.2) is 71.4 Å². The summed E-state index contributed by atoms with van der Waals surface area (Å²) in [5.41, 5.74) is 2.89. The number of hydrogen-bond donors (Lipinski definition) is 2. The number of aromatic hydroxyl groups is 1. The number of phenols is 1. The van der Waals surface area contributed by atoms with Crippen LogP contribution in [0.25, 0.3) is 32.8 Å². The molecule has 2 N–H and O–H groups in total. The lowest BCUT2D eigenvalue weighted by atomic mass is 9.97. The first-order chi connectivity index (χ1) is 18.1. The molecule has 190 valence electrons. The van der Waals surface area contributed by atoms with E-state index in [-0.39, 0.29) is 5.75 Å². The summed E-state index contributed by atoms with van der Waals surface area (Å²) in [7, 11) is 2.16. The Bertz CT molecular complexity index is 1460. The average Bonchev–Trinajstić information content (AvgIpc) is 3.43. The third kappa shape index (κ3) is 4.06. The van der Waals surface area contributed by atoms with Crippen LogP contribution in [0.4, 0.5) is 5.82 Å². The number of likely N-dealkylation sites (N-methyl/N-ethyl adjacent to an activating group) is 1. The molecule has 4 aromatic rings. The molecule has 3 aliphatic heterocycles. The van der Waals surface area contributed by atoms with Gasteiger partial charge in [-0.05, 0) is 85.4 Å². The van der Waals surface area contributed by atoms with Crippen molar-refractivity contribution < 1.29 is 9.84 Å². The fourth-order valence-corrected chi connectivity index (χ4v) is 6.54. The summed E-state index contributed by atoms with van der Waals surface area (Å²) in [5.74, 6) is 1.25. The predicted octanol–water partition coefficient (Wildman–Crippen LogP) is 4.57. The number of benzene rings is 3. The van der Waals surface area contributed by atoms with E-state index in [2.05, 4.69) is 46.4 Å². The van der Waals surface area contributed by atoms with Crippen LogP contribution in [0.3, 0.4) is 0 Å². The Morgan fingerprint density at radius 1 is 0.973 bits per heavy atom. The standard InChI is InChI=1S/C30H33N5O2/c1-34-12-4-6-23(34)18-37-30-32-28-14-20(27-15-24(36)13-19-5-2-3-7-25(19)27)8-11-26(28)29(33-30)35-21-9-10-22(35)17-31-16-21/h2-3,5,7-8,11,13-15,21-23,31,36H,4,6,9-10,12,16-18H2,1H3/t21?,22?,23-/m0/s1. The van der Waals surface area contributed by atoms with Crippen LogP contribution in [0.2, 0.25) is 0 Å². The highest BCUT2D eigenvalue weighted by Crippen LogP contribution is 2.39. The molecule has 2 unspecified atom stereocenters. The molecule has 3 aromatic carbocycles. The van der Waals surface area contributed by atoms with Crippen LogP contribution >= 0.6 is 0 Å². The number of nitrogens with zero attached hydrogens (tertiary/aromatic N) is 4. The summed E-state index contributed by atoms with van der Waals surface area (Å²) >= 11 is 0. The largest absolute Gasteiger partial charge is 0.508 e. The first kappa shape index (κ1) is 22.8. The third-order valence-electron chi connectivity index (χ3n) is 8.51. The Hall–Kier alpha value is -3.42. The van der Waals surface area contributed by atoms with Gasteiger partial charge in [-0.25, -0.2) is 0 Å². The molecule has 7 nitrogen and oxygen atoms in total. The van der Waals surface area contributed by atoms with E-state index in [0.717, 1.165) is 64.7 Å². The van der Waals surface area contributed by atoms with Gasteiger partial charge in [-0.15, -0.1) is 0 Å². The monoisotopic (exact) mass is 495 g/mol. The number of likely N-dealkylation sites (tertiary alicyclic amines) is 1. The molecule has 0 saturated carbocycles. The van der Waals surface area contributed by atoms with Crippen LogP contribution in [-0.2, 0) is 0 Å². The lowest BCUT2D eigenvalue weighted by Gasteiger charge is -2.37. The highest BCUT2D eigenvalue weighted by atomic mass is 16.5. The number of piperazine rings is 1. The Morgan fingerprint density at radius 3 is 2.62 bits per heavy atom. The molecule has 0 aliphatic carbocycles. The lowest BCUT2D eigenvalue weighted by Crippen LogP contribution is -2.52. The summed E-state index contributed by atoms with van der Waals surface area (Å²) in [5, 5.41) is 17.2. The summed E-state index contributed by atoms with van der Waals surface area (Å²) in [6.07, 6.45) is 4.71. The topological polar surface area (TPSA) is 73.8 Å². The van der Waals surface area contributed by atoms with E-state index in [1.54, 1.807) is 0 Å². The van der Waals surface area contributed by atoms with Gasteiger partial charge in [-0.2, -0.15) is 9.97 Å². The highest BCUT2D eigenvalue weighted by molar-refractivity contribution is 6.01. The Morgan fingerprint density at radius 2 is 1.81 bits per heavy atom. The molecule has 7 heteroatoms. The summed E-state index contributed by atoms with van der Waals surface area (Å²) in [4.78, 5) is 14.8. The SMILES string of the molecule is CN1CCC[C@H]1COc1nc(N2C3CCC2CNC3)c2ccc(-c3cc(O)cc4ccccc34)cc2n1. The van der Waals surface area contributed by atoms with Crippen molar-refractivity contribution in [1.82, 2.24) is 20.2 Å². The number of nitrogens with one attached hydrogen (secondary N) is 1. The van der Waals surface area contributed by atoms with Crippen molar-refractivity contribution in [2.24, 2.45) is 0 Å². The van der Waals surface area contributed by atoms with Crippen molar-refractivity contribution in [2.45, 2.75) is 43.8 Å². The molecule has 1 aromatic heterocycles. The maximum atomic E-state index is 10.4. The maximum absolute atomic E-state index is 10.4. The van der Waals surface area contributed by atoms with Crippen molar-refractivity contribution in [3.63, 3.8) is 0 Å². The van der Waals surface area contributed by atoms with Crippen molar-refractivity contribution in [3.05, 3.63) is 54.6 Å². The van der Waals surface area contributed by atoms with Crippen LogP contribution < -0.4 is 15.0 Å². The fourth-order valence-electron chi connectivity index (χ4n) is 6.54. The molecule has 3 fully saturated rings. The highest BCUT2D eigenvalue weighted by Gasteiger charge is 2.38. The van der Waals surface area contributed by atoms with E-state index in [9.17, 15) is 5.11 Å². The van der Waals surface area contributed by atoms with Crippen molar-refractivity contribution in [1.29, 1.82) is 0 Å². The molecule has 7 rings (SSSR count). The number of anilines is 1. The van der Waals surface area contributed by atoms with Gasteiger partial charge in [0.05, 0.1) is 5.52 Å². The molecule has 3 aliphatic rings. The minimum Gasteiger partial charge on any atom is -0.508 e. The van der Waals surface area contributed by atoms with E-state index in [0.29, 0.717) is 30.7 Å². The van der Waals surface area contributed by atoms with Crippen LogP contribution in [0.15, 0.2) is 54.6 Å². The van der Waals surface area contributed by atoms with Crippen LogP contribution in [0.1, 0.15) is 25.7 Å². The Balaban J connectivity index is 1.34. The summed E-state index contributed by atoms with van der Waals surface area (Å²) < 4.78 is 6.28. The molecule has 0 amide bonds. The number of hydrogen-bond acceptors (Lipinski definition) is 7. The Kier molecular flexibility index (Phi) is 5.63. The first-order valence-electron chi connectivity index (χ1n) is 13.5. The number of ether oxygens (including phenoxy) is 1. The van der Waals surface area contributed by atoms with Crippen molar-refractivity contribution >= 4 is 27.5 Å². The van der Waals surface area contributed by atoms with E-state index < -0.39 is 0 Å². The fraction of sp³-hybridized carbons (Fsp3) is 0.400. The molecular formula is C30H33N5O2. The van der Waals surface area contributed by atoms with Crippen molar-refractivity contribution in [2.75, 3.05) is 38.2 Å². The van der Waals surface area contributed by atoms with Gasteiger partial charge in [-0.1, -0.05) is 30.3 Å². The number of fused-ring (bicyclic) bond motifs is 4. The molecule has 37 heavy (non-hydrogen) atoms. The zero-order chi connectivity index (χ0) is 24.9. The second-order valence-electron chi connectivity index (χ2n) is 10.8. The average molecular weight is 496 g/mol. The van der Waals surface area contributed by atoms with E-state index in [1.165, 1.54) is 19.3 Å². The van der Waals surface area contributed by atoms with Crippen LogP contribution in [0.5, 0.6) is 11.8 Å². The number of rotatable bonds is 5. The molecule has 3 saturated heterocycles. The van der Waals surface area contributed by atoms with Gasteiger partial charge in [0.25, 0.3) is 0 Å². The van der Waals surface area contributed by atoms with Gasteiger partial charge in [0.1, 0.15) is 18.2 Å². The van der Waals surface area contributed by atoms with Gasteiger partial charge < -0.3 is 25.0 Å². The van der Waals surface area contributed by atoms with Gasteiger partial charge >= 0.3 is 6.01 Å². The lowest BCUT2D eigenvalue weighted by molar-refractivity contribution is 0.188. The third-order valence-corrected chi connectivity index (χ3v) is 8.51. The summed E-state index contributed by atoms with van der Waals surface area (Å²) in [6.45, 7) is 3.69. The quantitative estimate of drug-likeness (QED) is 0.420. The van der Waals surface area contributed by atoms with E-state index >= 15 is 0 Å². The van der Waals surface area contributed by atoms with Crippen molar-refractivity contribution in [3.8, 4) is 22.9 Å². The van der Waals surface area contributed by atoms with Crippen LogP contribution in [0, 0.1) is 0 Å². The minimum atomic E-state index is 0.263. The molecule has 0 radical (unpaired) electrons. The maximum Gasteiger partial charge on any atom is 0.319 e. The number of aromatic nitrogens is 2. The first-order valence-corrected chi connectivity index (χ1v) is 13.5. The molecule has 0 spiro atoms. The molecule has 3 atom stereocenters. The minimum absolute atomic E-state index is 0.263. The van der Waals surface area contributed by atoms with Gasteiger partial charge in [0.15, 0.2) is 0 Å². The second-order valence-corrected chi connectivity index (χ2v) is 10.8. The normalized spacial score (nSPS) is 23.8. The molecule has 4 heterocycles. The van der Waals surface area contributed by atoms with E-state index in [1.807, 2.05) is 30.3 Å². The van der Waals surface area contributed by atoms with Gasteiger partial charge in [0.2, 0.25) is 0 Å². The van der Waals surface area contributed by atoms with Gasteiger partial charge in [-0.3, -0.25) is 0 Å². The number of phenolic OH excluding ortho intramolecular Hbond substituents is 1. The summed E-state index contributed by atoms with van der Waals surface area (Å²) in [6, 6.07) is 20.0. The second kappa shape index (κ2) is 9.15. The van der Waals surface area contributed by atoms with Gasteiger partial charge in [0, 0.05) is 36.6 Å². The Labute approximate surface area is 217 Å².